The minimum absolute atomic E-state index is 0.228. The number of halogens is 1. The monoisotopic (exact) mass is 268 g/mol. The minimum atomic E-state index is -0.347. The summed E-state index contributed by atoms with van der Waals surface area (Å²) in [4.78, 5) is 12.4. The zero-order chi connectivity index (χ0) is 14.1. The summed E-state index contributed by atoms with van der Waals surface area (Å²) in [6.07, 6.45) is 5.55. The number of nitriles is 1. The van der Waals surface area contributed by atoms with Gasteiger partial charge in [-0.3, -0.25) is 9.36 Å². The molecule has 1 aliphatic rings. The molecule has 0 N–H and O–H groups in total. The Morgan fingerprint density at radius 1 is 1.15 bits per heavy atom. The maximum absolute atomic E-state index is 13.0. The zero-order valence-electron chi connectivity index (χ0n) is 10.9. The first-order chi connectivity index (χ1) is 9.70. The number of aryl methyl sites for hydroxylation is 1. The number of fused-ring (bicyclic) bond motifs is 1. The molecule has 0 aliphatic heterocycles. The summed E-state index contributed by atoms with van der Waals surface area (Å²) in [5, 5.41) is 9.27. The number of pyridine rings is 1. The summed E-state index contributed by atoms with van der Waals surface area (Å²) in [6, 6.07) is 7.76. The summed E-state index contributed by atoms with van der Waals surface area (Å²) in [5.41, 5.74) is 2.44. The summed E-state index contributed by atoms with van der Waals surface area (Å²) >= 11 is 0. The molecule has 0 unspecified atom stereocenters. The van der Waals surface area contributed by atoms with Gasteiger partial charge in [0.05, 0.1) is 0 Å². The Kier molecular flexibility index (Phi) is 3.11. The Labute approximate surface area is 115 Å². The quantitative estimate of drug-likeness (QED) is 0.798. The van der Waals surface area contributed by atoms with Crippen molar-refractivity contribution in [2.45, 2.75) is 25.7 Å². The number of rotatable bonds is 1. The van der Waals surface area contributed by atoms with Crippen molar-refractivity contribution in [1.29, 1.82) is 5.26 Å². The summed E-state index contributed by atoms with van der Waals surface area (Å²) in [5.74, 6) is -0.347. The van der Waals surface area contributed by atoms with Gasteiger partial charge in [0.2, 0.25) is 0 Å². The fourth-order valence-corrected chi connectivity index (χ4v) is 2.73. The average Bonchev–Trinajstić information content (AvgIpc) is 2.48. The molecule has 3 rings (SSSR count). The van der Waals surface area contributed by atoms with Gasteiger partial charge in [-0.2, -0.15) is 5.26 Å². The maximum Gasteiger partial charge on any atom is 0.273 e. The molecular formula is C16H13FN2O. The van der Waals surface area contributed by atoms with E-state index in [-0.39, 0.29) is 16.9 Å². The molecule has 1 aromatic carbocycles. The lowest BCUT2D eigenvalue weighted by Gasteiger charge is -2.19. The lowest BCUT2D eigenvalue weighted by molar-refractivity contribution is 0.627. The van der Waals surface area contributed by atoms with Gasteiger partial charge in [0.25, 0.3) is 5.56 Å². The Hall–Kier alpha value is -2.41. The second-order valence-electron chi connectivity index (χ2n) is 4.98. The molecule has 1 aliphatic carbocycles. The van der Waals surface area contributed by atoms with Gasteiger partial charge in [0, 0.05) is 11.9 Å². The number of hydrogen-bond acceptors (Lipinski definition) is 2. The van der Waals surface area contributed by atoms with Crippen LogP contribution in [0.2, 0.25) is 0 Å². The van der Waals surface area contributed by atoms with E-state index in [4.69, 9.17) is 0 Å². The molecule has 0 bridgehead atoms. The van der Waals surface area contributed by atoms with Gasteiger partial charge in [-0.15, -0.1) is 0 Å². The van der Waals surface area contributed by atoms with Crippen molar-refractivity contribution >= 4 is 0 Å². The second-order valence-corrected chi connectivity index (χ2v) is 4.98. The van der Waals surface area contributed by atoms with Crippen LogP contribution in [0.3, 0.4) is 0 Å². The first-order valence-corrected chi connectivity index (χ1v) is 6.64. The van der Waals surface area contributed by atoms with E-state index >= 15 is 0 Å². The number of aromatic nitrogens is 1. The fraction of sp³-hybridized carbons (Fsp3) is 0.250. The highest BCUT2D eigenvalue weighted by molar-refractivity contribution is 5.45. The van der Waals surface area contributed by atoms with Crippen LogP contribution < -0.4 is 5.56 Å². The first kappa shape index (κ1) is 12.6. The van der Waals surface area contributed by atoms with E-state index in [1.807, 2.05) is 6.07 Å². The smallest absolute Gasteiger partial charge is 0.273 e. The Morgan fingerprint density at radius 3 is 2.55 bits per heavy atom. The van der Waals surface area contributed by atoms with Crippen LogP contribution in [0.4, 0.5) is 4.39 Å². The van der Waals surface area contributed by atoms with Crippen molar-refractivity contribution in [3.8, 4) is 11.8 Å². The molecule has 0 fully saturated rings. The van der Waals surface area contributed by atoms with E-state index in [9.17, 15) is 14.4 Å². The van der Waals surface area contributed by atoms with Gasteiger partial charge >= 0.3 is 0 Å². The predicted molar refractivity (Wildman–Crippen MR) is 73.4 cm³/mol. The first-order valence-electron chi connectivity index (χ1n) is 6.64. The third-order valence-corrected chi connectivity index (χ3v) is 3.75. The van der Waals surface area contributed by atoms with Crippen molar-refractivity contribution in [1.82, 2.24) is 4.57 Å². The molecule has 1 heterocycles. The van der Waals surface area contributed by atoms with Gasteiger partial charge in [0.15, 0.2) is 0 Å². The molecule has 0 radical (unpaired) electrons. The zero-order valence-corrected chi connectivity index (χ0v) is 10.9. The van der Waals surface area contributed by atoms with Crippen LogP contribution in [0.5, 0.6) is 0 Å². The molecule has 2 aromatic rings. The van der Waals surface area contributed by atoms with Crippen molar-refractivity contribution in [3.63, 3.8) is 0 Å². The highest BCUT2D eigenvalue weighted by Crippen LogP contribution is 2.23. The second kappa shape index (κ2) is 4.93. The largest absolute Gasteiger partial charge is 0.283 e. The van der Waals surface area contributed by atoms with Gasteiger partial charge in [-0.05, 0) is 61.1 Å². The van der Waals surface area contributed by atoms with Crippen molar-refractivity contribution in [2.24, 2.45) is 0 Å². The van der Waals surface area contributed by atoms with Gasteiger partial charge in [-0.1, -0.05) is 0 Å². The van der Waals surface area contributed by atoms with Crippen LogP contribution in [0, 0.1) is 17.1 Å². The molecule has 1 aromatic heterocycles. The van der Waals surface area contributed by atoms with E-state index in [1.54, 1.807) is 18.3 Å². The molecule has 100 valence electrons. The van der Waals surface area contributed by atoms with Crippen molar-refractivity contribution < 1.29 is 4.39 Å². The van der Waals surface area contributed by atoms with Crippen molar-refractivity contribution in [2.75, 3.05) is 0 Å². The number of benzene rings is 1. The topological polar surface area (TPSA) is 45.8 Å². The van der Waals surface area contributed by atoms with Crippen LogP contribution in [0.1, 0.15) is 29.5 Å². The Balaban J connectivity index is 2.24. The van der Waals surface area contributed by atoms with E-state index in [2.05, 4.69) is 0 Å². The predicted octanol–water partition coefficient (Wildman–Crippen LogP) is 2.73. The molecule has 4 heteroatoms. The Morgan fingerprint density at radius 2 is 1.85 bits per heavy atom. The van der Waals surface area contributed by atoms with Crippen LogP contribution >= 0.6 is 0 Å². The van der Waals surface area contributed by atoms with E-state index in [0.717, 1.165) is 36.8 Å². The third kappa shape index (κ3) is 2.01. The SMILES string of the molecule is N#Cc1c2c(cn(-c3ccc(F)cc3)c1=O)CCCC2. The van der Waals surface area contributed by atoms with E-state index in [0.29, 0.717) is 5.69 Å². The molecule has 20 heavy (non-hydrogen) atoms. The molecule has 0 spiro atoms. The molecule has 0 saturated carbocycles. The van der Waals surface area contributed by atoms with Crippen LogP contribution in [0.25, 0.3) is 5.69 Å². The number of nitrogens with zero attached hydrogens (tertiary/aromatic N) is 2. The highest BCUT2D eigenvalue weighted by atomic mass is 19.1. The van der Waals surface area contributed by atoms with E-state index < -0.39 is 0 Å². The van der Waals surface area contributed by atoms with Gasteiger partial charge < -0.3 is 0 Å². The normalized spacial score (nSPS) is 13.6. The maximum atomic E-state index is 13.0. The van der Waals surface area contributed by atoms with E-state index in [1.165, 1.54) is 16.7 Å². The standard InChI is InChI=1S/C16H13FN2O/c17-12-5-7-13(8-6-12)19-10-11-3-1-2-4-14(11)15(9-18)16(19)20/h5-8,10H,1-4H2. The lowest BCUT2D eigenvalue weighted by atomic mass is 9.90. The lowest BCUT2D eigenvalue weighted by Crippen LogP contribution is -2.25. The summed E-state index contributed by atoms with van der Waals surface area (Å²) in [7, 11) is 0. The molecule has 0 atom stereocenters. The average molecular weight is 268 g/mol. The summed E-state index contributed by atoms with van der Waals surface area (Å²) < 4.78 is 14.4. The van der Waals surface area contributed by atoms with Gasteiger partial charge in [-0.25, -0.2) is 4.39 Å². The fourth-order valence-electron chi connectivity index (χ4n) is 2.73. The molecular weight excluding hydrogens is 255 g/mol. The van der Waals surface area contributed by atoms with Crippen LogP contribution in [0.15, 0.2) is 35.3 Å². The highest BCUT2D eigenvalue weighted by Gasteiger charge is 2.18. The van der Waals surface area contributed by atoms with Crippen LogP contribution in [-0.2, 0) is 12.8 Å². The minimum Gasteiger partial charge on any atom is -0.283 e. The molecule has 0 amide bonds. The molecule has 3 nitrogen and oxygen atoms in total. The molecule has 0 saturated heterocycles. The van der Waals surface area contributed by atoms with Crippen molar-refractivity contribution in [3.05, 3.63) is 63.3 Å². The Bertz CT molecular complexity index is 754. The summed E-state index contributed by atoms with van der Waals surface area (Å²) in [6.45, 7) is 0. The van der Waals surface area contributed by atoms with Crippen LogP contribution in [-0.4, -0.2) is 4.57 Å². The van der Waals surface area contributed by atoms with Gasteiger partial charge in [0.1, 0.15) is 17.4 Å². The third-order valence-electron chi connectivity index (χ3n) is 3.75. The number of hydrogen-bond donors (Lipinski definition) is 0.